The van der Waals surface area contributed by atoms with E-state index >= 15 is 0 Å². The Kier molecular flexibility index (Phi) is 2.43. The Bertz CT molecular complexity index is 498. The van der Waals surface area contributed by atoms with Crippen LogP contribution in [0.3, 0.4) is 0 Å². The van der Waals surface area contributed by atoms with E-state index < -0.39 is 0 Å². The second-order valence-corrected chi connectivity index (χ2v) is 8.40. The maximum atomic E-state index is 2.36. The number of fused-ring (bicyclic) bond motifs is 1. The van der Waals surface area contributed by atoms with E-state index in [1.165, 1.54) is 10.9 Å². The first-order valence-electron chi connectivity index (χ1n) is 5.50. The highest BCUT2D eigenvalue weighted by Gasteiger charge is 2.21. The number of benzene rings is 1. The minimum Gasteiger partial charge on any atom is -0.108 e. The quantitative estimate of drug-likeness (QED) is 0.570. The fourth-order valence-corrected chi connectivity index (χ4v) is 5.66. The van der Waals surface area contributed by atoms with Crippen LogP contribution in [-0.2, 0) is 5.16 Å². The maximum Gasteiger partial charge on any atom is 0.00221 e. The summed E-state index contributed by atoms with van der Waals surface area (Å²) in [6, 6.07) is 8.90. The van der Waals surface area contributed by atoms with Gasteiger partial charge in [0, 0.05) is 10.3 Å². The Balaban J connectivity index is 2.90. The van der Waals surface area contributed by atoms with Crippen molar-refractivity contribution in [2.45, 2.75) is 39.8 Å². The average molecular weight is 218 g/mol. The minimum absolute atomic E-state index is 0.123. The Labute approximate surface area is 93.4 Å². The van der Waals surface area contributed by atoms with Crippen molar-refractivity contribution in [2.24, 2.45) is 0 Å². The summed E-state index contributed by atoms with van der Waals surface area (Å²) >= 11 is 0. The molecule has 0 aliphatic rings. The highest BCUT2D eigenvalue weighted by Crippen LogP contribution is 2.55. The lowest BCUT2D eigenvalue weighted by molar-refractivity contribution is 0.719. The normalized spacial score (nSPS) is 13.5. The van der Waals surface area contributed by atoms with Crippen LogP contribution in [0.1, 0.15) is 31.6 Å². The largest absolute Gasteiger partial charge is 0.108 e. The Morgan fingerprint density at radius 1 is 1.00 bits per heavy atom. The van der Waals surface area contributed by atoms with Gasteiger partial charge in [0.05, 0.1) is 0 Å². The molecule has 1 heterocycles. The molecule has 0 saturated heterocycles. The molecule has 1 aromatic heterocycles. The molecule has 2 aromatic rings. The molecule has 2 rings (SSSR count). The van der Waals surface area contributed by atoms with Gasteiger partial charge in [0.25, 0.3) is 0 Å². The lowest BCUT2D eigenvalue weighted by atomic mass is 10.2. The summed E-state index contributed by atoms with van der Waals surface area (Å²) in [5, 5.41) is 5.05. The van der Waals surface area contributed by atoms with Crippen molar-refractivity contribution in [1.82, 2.24) is 0 Å². The first-order chi connectivity index (χ1) is 6.93. The monoisotopic (exact) mass is 218 g/mol. The predicted octanol–water partition coefficient (Wildman–Crippen LogP) is 5.20. The summed E-state index contributed by atoms with van der Waals surface area (Å²) in [5.74, 6) is 0. The predicted molar refractivity (Wildman–Crippen MR) is 71.1 cm³/mol. The van der Waals surface area contributed by atoms with Gasteiger partial charge in [-0.15, -0.1) is 7.53 Å². The molecule has 1 aromatic carbocycles. The molecular formula is C14H19P. The first kappa shape index (κ1) is 10.8. The Morgan fingerprint density at radius 3 is 2.20 bits per heavy atom. The zero-order valence-corrected chi connectivity index (χ0v) is 11.2. The van der Waals surface area contributed by atoms with E-state index in [0.717, 1.165) is 0 Å². The van der Waals surface area contributed by atoms with Crippen LogP contribution in [-0.4, -0.2) is 0 Å². The van der Waals surface area contributed by atoms with Gasteiger partial charge >= 0.3 is 0 Å². The molecule has 0 nitrogen and oxygen atoms in total. The molecule has 0 aliphatic carbocycles. The van der Waals surface area contributed by atoms with Crippen molar-refractivity contribution in [1.29, 1.82) is 0 Å². The molecule has 1 unspecified atom stereocenters. The average Bonchev–Trinajstić information content (AvgIpc) is 2.39. The molecule has 0 fully saturated rings. The lowest BCUT2D eigenvalue weighted by Crippen LogP contribution is -2.00. The molecule has 0 bridgehead atoms. The molecule has 1 heteroatoms. The summed E-state index contributed by atoms with van der Waals surface area (Å²) < 4.78 is 0. The van der Waals surface area contributed by atoms with E-state index in [4.69, 9.17) is 0 Å². The highest BCUT2D eigenvalue weighted by molar-refractivity contribution is 7.57. The van der Waals surface area contributed by atoms with Crippen molar-refractivity contribution in [3.63, 3.8) is 0 Å². The molecule has 80 valence electrons. The van der Waals surface area contributed by atoms with Gasteiger partial charge < -0.3 is 0 Å². The Morgan fingerprint density at radius 2 is 1.60 bits per heavy atom. The molecule has 0 N–H and O–H groups in total. The van der Waals surface area contributed by atoms with Crippen molar-refractivity contribution < 1.29 is 0 Å². The maximum absolute atomic E-state index is 2.36. The Hall–Kier alpha value is -0.740. The number of aryl methyl sites for hydroxylation is 1. The summed E-state index contributed by atoms with van der Waals surface area (Å²) in [5.41, 5.74) is 1.51. The zero-order chi connectivity index (χ0) is 11.2. The van der Waals surface area contributed by atoms with Gasteiger partial charge in [-0.05, 0) is 30.1 Å². The summed E-state index contributed by atoms with van der Waals surface area (Å²) in [6.07, 6.45) is 0. The van der Waals surface area contributed by atoms with Crippen molar-refractivity contribution in [3.05, 3.63) is 35.1 Å². The van der Waals surface area contributed by atoms with Gasteiger partial charge in [0.1, 0.15) is 0 Å². The summed E-state index contributed by atoms with van der Waals surface area (Å²) in [4.78, 5) is 0. The molecule has 1 atom stereocenters. The lowest BCUT2D eigenvalue weighted by Gasteiger charge is -2.21. The fourth-order valence-electron chi connectivity index (χ4n) is 2.39. The van der Waals surface area contributed by atoms with Gasteiger partial charge in [-0.3, -0.25) is 0 Å². The van der Waals surface area contributed by atoms with Crippen LogP contribution in [0.2, 0.25) is 0 Å². The van der Waals surface area contributed by atoms with Crippen molar-refractivity contribution in [2.75, 3.05) is 0 Å². The number of rotatable bonds is 0. The van der Waals surface area contributed by atoms with E-state index in [-0.39, 0.29) is 7.53 Å². The van der Waals surface area contributed by atoms with E-state index in [0.29, 0.717) is 5.16 Å². The molecular weight excluding hydrogens is 199 g/mol. The van der Waals surface area contributed by atoms with Crippen LogP contribution in [0.5, 0.6) is 0 Å². The molecule has 0 spiro atoms. The van der Waals surface area contributed by atoms with Crippen LogP contribution in [0.25, 0.3) is 10.5 Å². The molecule has 15 heavy (non-hydrogen) atoms. The third-order valence-electron chi connectivity index (χ3n) is 3.10. The third-order valence-corrected chi connectivity index (χ3v) is 6.32. The van der Waals surface area contributed by atoms with Crippen LogP contribution in [0.4, 0.5) is 0 Å². The van der Waals surface area contributed by atoms with Crippen LogP contribution in [0, 0.1) is 13.8 Å². The van der Waals surface area contributed by atoms with E-state index in [1.807, 2.05) is 0 Å². The van der Waals surface area contributed by atoms with Gasteiger partial charge in [-0.2, -0.15) is 0 Å². The van der Waals surface area contributed by atoms with E-state index in [1.54, 1.807) is 10.4 Å². The van der Waals surface area contributed by atoms with Crippen molar-refractivity contribution in [3.8, 4) is 0 Å². The summed E-state index contributed by atoms with van der Waals surface area (Å²) in [7, 11) is -0.123. The SMILES string of the molecule is Cc1c(C)p(C(C)(C)C)c2ccccc12. The van der Waals surface area contributed by atoms with Crippen LogP contribution < -0.4 is 0 Å². The van der Waals surface area contributed by atoms with E-state index in [2.05, 4.69) is 58.9 Å². The fraction of sp³-hybridized carbons (Fsp3) is 0.429. The first-order valence-corrected chi connectivity index (χ1v) is 6.84. The van der Waals surface area contributed by atoms with Crippen LogP contribution >= 0.6 is 7.53 Å². The molecule has 0 saturated carbocycles. The topological polar surface area (TPSA) is 0 Å². The standard InChI is InChI=1S/C14H19P/c1-10-11(2)15(14(3,4)5)13-9-7-6-8-12(10)13/h6-9H,1-5H3. The second-order valence-electron chi connectivity index (χ2n) is 5.23. The van der Waals surface area contributed by atoms with Gasteiger partial charge in [-0.25, -0.2) is 0 Å². The van der Waals surface area contributed by atoms with Gasteiger partial charge in [-0.1, -0.05) is 45.0 Å². The minimum atomic E-state index is -0.123. The number of hydrogen-bond acceptors (Lipinski definition) is 0. The molecule has 0 radical (unpaired) electrons. The third kappa shape index (κ3) is 1.62. The highest BCUT2D eigenvalue weighted by atomic mass is 31.1. The van der Waals surface area contributed by atoms with Crippen LogP contribution in [0.15, 0.2) is 24.3 Å². The second kappa shape index (κ2) is 3.39. The summed E-state index contributed by atoms with van der Waals surface area (Å²) in [6.45, 7) is 11.7. The molecule has 0 aliphatic heterocycles. The molecule has 0 amide bonds. The van der Waals surface area contributed by atoms with Gasteiger partial charge in [0.2, 0.25) is 0 Å². The smallest absolute Gasteiger partial charge is 0.00221 e. The number of hydrogen-bond donors (Lipinski definition) is 0. The zero-order valence-electron chi connectivity index (χ0n) is 10.3. The van der Waals surface area contributed by atoms with Crippen molar-refractivity contribution >= 4 is 18.0 Å². The van der Waals surface area contributed by atoms with Gasteiger partial charge in [0.15, 0.2) is 0 Å². The van der Waals surface area contributed by atoms with E-state index in [9.17, 15) is 0 Å².